The minimum atomic E-state index is 0.711. The van der Waals surface area contributed by atoms with E-state index in [9.17, 15) is 0 Å². The normalized spacial score (nSPS) is 10.9. The van der Waals surface area contributed by atoms with Gasteiger partial charge >= 0.3 is 0 Å². The molecule has 0 aliphatic rings. The number of nitrogens with one attached hydrogen (secondary N) is 1. The van der Waals surface area contributed by atoms with Crippen molar-refractivity contribution in [2.24, 2.45) is 14.1 Å². The van der Waals surface area contributed by atoms with Gasteiger partial charge in [0, 0.05) is 26.8 Å². The number of nitrogens with zero attached hydrogens (tertiary/aromatic N) is 5. The average molecular weight is 220 g/mol. The van der Waals surface area contributed by atoms with Crippen LogP contribution >= 0.6 is 0 Å². The summed E-state index contributed by atoms with van der Waals surface area (Å²) < 4.78 is 3.84. The topological polar surface area (TPSA) is 60.6 Å². The average Bonchev–Trinajstić information content (AvgIpc) is 2.80. The Morgan fingerprint density at radius 2 is 2.06 bits per heavy atom. The molecule has 0 amide bonds. The molecule has 6 nitrogen and oxygen atoms in total. The van der Waals surface area contributed by atoms with Crippen LogP contribution in [0.15, 0.2) is 12.3 Å². The predicted molar refractivity (Wildman–Crippen MR) is 59.5 cm³/mol. The fraction of sp³-hybridized carbons (Fsp3) is 0.500. The second-order valence-corrected chi connectivity index (χ2v) is 3.77. The second-order valence-electron chi connectivity index (χ2n) is 3.77. The third kappa shape index (κ3) is 2.11. The molecule has 1 N–H and O–H groups in total. The van der Waals surface area contributed by atoms with Gasteiger partial charge in [0.1, 0.15) is 11.6 Å². The molecular formula is C10H16N6. The lowest BCUT2D eigenvalue weighted by atomic mass is 10.4. The molecule has 0 saturated heterocycles. The maximum atomic E-state index is 4.11. The van der Waals surface area contributed by atoms with Crippen molar-refractivity contribution in [1.29, 1.82) is 0 Å². The molecule has 2 aromatic rings. The van der Waals surface area contributed by atoms with Gasteiger partial charge in [-0.2, -0.15) is 5.10 Å². The highest BCUT2D eigenvalue weighted by Crippen LogP contribution is 1.99. The van der Waals surface area contributed by atoms with Crippen molar-refractivity contribution in [2.45, 2.75) is 20.0 Å². The summed E-state index contributed by atoms with van der Waals surface area (Å²) in [5.41, 5.74) is 1.15. The molecule has 2 heterocycles. The molecule has 0 spiro atoms. The standard InChI is InChI=1S/C10H16N6/c1-8-13-14-10(15(8)2)7-11-6-9-4-5-12-16(9)3/h4-5,11H,6-7H2,1-3H3. The van der Waals surface area contributed by atoms with E-state index >= 15 is 0 Å². The first-order valence-corrected chi connectivity index (χ1v) is 5.21. The molecule has 0 saturated carbocycles. The Labute approximate surface area is 94.3 Å². The molecule has 0 radical (unpaired) electrons. The van der Waals surface area contributed by atoms with E-state index in [0.717, 1.165) is 23.9 Å². The SMILES string of the molecule is Cc1nnc(CNCc2ccnn2C)n1C. The summed E-state index contributed by atoms with van der Waals surface area (Å²) in [6.45, 7) is 3.43. The summed E-state index contributed by atoms with van der Waals surface area (Å²) >= 11 is 0. The molecule has 0 bridgehead atoms. The Bertz CT molecular complexity index is 469. The van der Waals surface area contributed by atoms with Crippen LogP contribution in [-0.2, 0) is 27.2 Å². The van der Waals surface area contributed by atoms with E-state index in [1.165, 1.54) is 0 Å². The minimum absolute atomic E-state index is 0.711. The Kier molecular flexibility index (Phi) is 3.00. The highest BCUT2D eigenvalue weighted by molar-refractivity contribution is 5.00. The van der Waals surface area contributed by atoms with Crippen molar-refractivity contribution in [3.8, 4) is 0 Å². The molecule has 0 aromatic carbocycles. The molecule has 6 heteroatoms. The van der Waals surface area contributed by atoms with Crippen LogP contribution in [0.5, 0.6) is 0 Å². The van der Waals surface area contributed by atoms with E-state index in [4.69, 9.17) is 0 Å². The number of aryl methyl sites for hydroxylation is 2. The number of hydrogen-bond donors (Lipinski definition) is 1. The van der Waals surface area contributed by atoms with Crippen molar-refractivity contribution >= 4 is 0 Å². The smallest absolute Gasteiger partial charge is 0.146 e. The molecule has 16 heavy (non-hydrogen) atoms. The highest BCUT2D eigenvalue weighted by Gasteiger charge is 2.04. The van der Waals surface area contributed by atoms with Crippen LogP contribution in [0.3, 0.4) is 0 Å². The van der Waals surface area contributed by atoms with E-state index in [2.05, 4.69) is 20.6 Å². The molecule has 0 aliphatic heterocycles. The Balaban J connectivity index is 1.89. The van der Waals surface area contributed by atoms with E-state index in [-0.39, 0.29) is 0 Å². The van der Waals surface area contributed by atoms with E-state index in [1.807, 2.05) is 36.3 Å². The van der Waals surface area contributed by atoms with Gasteiger partial charge < -0.3 is 9.88 Å². The van der Waals surface area contributed by atoms with Crippen molar-refractivity contribution in [3.63, 3.8) is 0 Å². The zero-order valence-electron chi connectivity index (χ0n) is 9.80. The zero-order valence-corrected chi connectivity index (χ0v) is 9.80. The van der Waals surface area contributed by atoms with Crippen LogP contribution in [0.25, 0.3) is 0 Å². The first-order valence-electron chi connectivity index (χ1n) is 5.21. The number of aromatic nitrogens is 5. The maximum absolute atomic E-state index is 4.11. The quantitative estimate of drug-likeness (QED) is 0.796. The van der Waals surface area contributed by atoms with Crippen LogP contribution in [0.1, 0.15) is 17.3 Å². The van der Waals surface area contributed by atoms with Crippen LogP contribution in [0, 0.1) is 6.92 Å². The summed E-state index contributed by atoms with van der Waals surface area (Å²) in [4.78, 5) is 0. The number of hydrogen-bond acceptors (Lipinski definition) is 4. The molecule has 2 rings (SSSR count). The predicted octanol–water partition coefficient (Wildman–Crippen LogP) is 0.147. The van der Waals surface area contributed by atoms with Crippen LogP contribution in [0.2, 0.25) is 0 Å². The third-order valence-electron chi connectivity index (χ3n) is 2.69. The monoisotopic (exact) mass is 220 g/mol. The van der Waals surface area contributed by atoms with Gasteiger partial charge in [0.25, 0.3) is 0 Å². The van der Waals surface area contributed by atoms with Crippen LogP contribution in [-0.4, -0.2) is 24.5 Å². The van der Waals surface area contributed by atoms with Crippen molar-refractivity contribution in [1.82, 2.24) is 29.9 Å². The van der Waals surface area contributed by atoms with Gasteiger partial charge in [0.15, 0.2) is 0 Å². The third-order valence-corrected chi connectivity index (χ3v) is 2.69. The van der Waals surface area contributed by atoms with Gasteiger partial charge in [0.2, 0.25) is 0 Å². The highest BCUT2D eigenvalue weighted by atomic mass is 15.3. The molecule has 2 aromatic heterocycles. The molecule has 86 valence electrons. The summed E-state index contributed by atoms with van der Waals surface area (Å²) in [5.74, 6) is 1.87. The Morgan fingerprint density at radius 1 is 1.25 bits per heavy atom. The lowest BCUT2D eigenvalue weighted by molar-refractivity contribution is 0.597. The van der Waals surface area contributed by atoms with Crippen LogP contribution < -0.4 is 5.32 Å². The van der Waals surface area contributed by atoms with Gasteiger partial charge in [0.05, 0.1) is 12.2 Å². The van der Waals surface area contributed by atoms with Gasteiger partial charge in [-0.25, -0.2) is 0 Å². The molecular weight excluding hydrogens is 204 g/mol. The minimum Gasteiger partial charge on any atom is -0.317 e. The maximum Gasteiger partial charge on any atom is 0.146 e. The van der Waals surface area contributed by atoms with E-state index in [0.29, 0.717) is 6.54 Å². The van der Waals surface area contributed by atoms with Gasteiger partial charge in [-0.05, 0) is 13.0 Å². The fourth-order valence-corrected chi connectivity index (χ4v) is 1.48. The van der Waals surface area contributed by atoms with Crippen LogP contribution in [0.4, 0.5) is 0 Å². The lowest BCUT2D eigenvalue weighted by Crippen LogP contribution is -2.17. The number of rotatable bonds is 4. The van der Waals surface area contributed by atoms with Gasteiger partial charge in [-0.15, -0.1) is 10.2 Å². The molecule has 0 unspecified atom stereocenters. The van der Waals surface area contributed by atoms with E-state index in [1.54, 1.807) is 6.20 Å². The first kappa shape index (κ1) is 10.8. The van der Waals surface area contributed by atoms with Crippen molar-refractivity contribution in [3.05, 3.63) is 29.6 Å². The summed E-state index contributed by atoms with van der Waals surface area (Å²) in [5, 5.41) is 15.5. The molecule has 0 aliphatic carbocycles. The van der Waals surface area contributed by atoms with Crippen molar-refractivity contribution in [2.75, 3.05) is 0 Å². The zero-order chi connectivity index (χ0) is 11.5. The van der Waals surface area contributed by atoms with Crippen molar-refractivity contribution < 1.29 is 0 Å². The van der Waals surface area contributed by atoms with Gasteiger partial charge in [-0.1, -0.05) is 0 Å². The second kappa shape index (κ2) is 4.44. The van der Waals surface area contributed by atoms with Gasteiger partial charge in [-0.3, -0.25) is 4.68 Å². The summed E-state index contributed by atoms with van der Waals surface area (Å²) in [6.07, 6.45) is 1.80. The largest absolute Gasteiger partial charge is 0.317 e. The molecule has 0 atom stereocenters. The fourth-order valence-electron chi connectivity index (χ4n) is 1.48. The summed E-state index contributed by atoms with van der Waals surface area (Å²) in [6, 6.07) is 1.99. The van der Waals surface area contributed by atoms with E-state index < -0.39 is 0 Å². The lowest BCUT2D eigenvalue weighted by Gasteiger charge is -2.05. The summed E-state index contributed by atoms with van der Waals surface area (Å²) in [7, 11) is 3.90. The molecule has 0 fully saturated rings. The Morgan fingerprint density at radius 3 is 2.62 bits per heavy atom. The Hall–Kier alpha value is -1.69. The first-order chi connectivity index (χ1) is 7.68.